The van der Waals surface area contributed by atoms with Gasteiger partial charge < -0.3 is 5.32 Å². The van der Waals surface area contributed by atoms with E-state index in [1.165, 1.54) is 0 Å². The van der Waals surface area contributed by atoms with Crippen molar-refractivity contribution in [3.63, 3.8) is 0 Å². The van der Waals surface area contributed by atoms with Crippen LogP contribution in [-0.2, 0) is 4.79 Å². The SMILES string of the molecule is CC(C)c1ccc2c(c1)NC(=O)CC(c1ccnc(C#N)c1)=N2. The third-order valence-corrected chi connectivity index (χ3v) is 3.75. The zero-order valence-corrected chi connectivity index (χ0v) is 13.0. The van der Waals surface area contributed by atoms with Crippen molar-refractivity contribution in [2.45, 2.75) is 26.2 Å². The van der Waals surface area contributed by atoms with Crippen molar-refractivity contribution in [2.75, 3.05) is 5.32 Å². The summed E-state index contributed by atoms with van der Waals surface area (Å²) in [5.41, 5.74) is 4.30. The van der Waals surface area contributed by atoms with E-state index in [2.05, 4.69) is 29.1 Å². The Morgan fingerprint density at radius 1 is 1.26 bits per heavy atom. The number of pyridine rings is 1. The van der Waals surface area contributed by atoms with Crippen LogP contribution in [0.15, 0.2) is 41.5 Å². The monoisotopic (exact) mass is 304 g/mol. The molecule has 0 saturated carbocycles. The molecule has 0 atom stereocenters. The summed E-state index contributed by atoms with van der Waals surface area (Å²) in [5.74, 6) is 0.265. The normalized spacial score (nSPS) is 13.7. The Kier molecular flexibility index (Phi) is 3.90. The zero-order valence-electron chi connectivity index (χ0n) is 13.0. The Bertz CT molecular complexity index is 846. The Morgan fingerprint density at radius 3 is 2.83 bits per heavy atom. The number of benzene rings is 1. The van der Waals surface area contributed by atoms with Gasteiger partial charge in [-0.05, 0) is 35.7 Å². The Morgan fingerprint density at radius 2 is 2.09 bits per heavy atom. The lowest BCUT2D eigenvalue weighted by molar-refractivity contribution is -0.115. The predicted octanol–water partition coefficient (Wildman–Crippen LogP) is 3.54. The number of nitrogens with zero attached hydrogens (tertiary/aromatic N) is 3. The lowest BCUT2D eigenvalue weighted by Crippen LogP contribution is -2.15. The Hall–Kier alpha value is -3.00. The summed E-state index contributed by atoms with van der Waals surface area (Å²) in [6.45, 7) is 4.21. The highest BCUT2D eigenvalue weighted by Gasteiger charge is 2.18. The minimum atomic E-state index is -0.112. The van der Waals surface area contributed by atoms with Gasteiger partial charge in [0.2, 0.25) is 5.91 Å². The number of rotatable bonds is 2. The number of nitriles is 1. The largest absolute Gasteiger partial charge is 0.324 e. The molecule has 2 aromatic rings. The molecule has 1 aliphatic heterocycles. The number of hydrogen-bond acceptors (Lipinski definition) is 4. The molecule has 1 aromatic heterocycles. The van der Waals surface area contributed by atoms with E-state index in [1.807, 2.05) is 24.3 Å². The van der Waals surface area contributed by atoms with Crippen molar-refractivity contribution in [2.24, 2.45) is 4.99 Å². The van der Waals surface area contributed by atoms with Gasteiger partial charge in [-0.15, -0.1) is 0 Å². The number of carbonyl (C=O) groups excluding carboxylic acids is 1. The number of anilines is 1. The number of hydrogen-bond donors (Lipinski definition) is 1. The molecular formula is C18H16N4O. The van der Waals surface area contributed by atoms with E-state index in [0.29, 0.717) is 17.3 Å². The van der Waals surface area contributed by atoms with Crippen molar-refractivity contribution in [1.82, 2.24) is 4.98 Å². The molecule has 3 rings (SSSR count). The van der Waals surface area contributed by atoms with Crippen molar-refractivity contribution < 1.29 is 4.79 Å². The maximum Gasteiger partial charge on any atom is 0.230 e. The molecule has 5 nitrogen and oxygen atoms in total. The van der Waals surface area contributed by atoms with Crippen LogP contribution in [0.4, 0.5) is 11.4 Å². The van der Waals surface area contributed by atoms with Gasteiger partial charge in [0.1, 0.15) is 11.8 Å². The molecule has 2 heterocycles. The van der Waals surface area contributed by atoms with Gasteiger partial charge in [0.25, 0.3) is 0 Å². The van der Waals surface area contributed by atoms with E-state index in [4.69, 9.17) is 5.26 Å². The second-order valence-electron chi connectivity index (χ2n) is 5.76. The van der Waals surface area contributed by atoms with E-state index in [-0.39, 0.29) is 12.3 Å². The molecule has 0 bridgehead atoms. The van der Waals surface area contributed by atoms with Gasteiger partial charge in [-0.1, -0.05) is 19.9 Å². The fourth-order valence-corrected chi connectivity index (χ4v) is 2.48. The van der Waals surface area contributed by atoms with Gasteiger partial charge in [-0.2, -0.15) is 5.26 Å². The second kappa shape index (κ2) is 6.01. The molecular weight excluding hydrogens is 288 g/mol. The van der Waals surface area contributed by atoms with E-state index >= 15 is 0 Å². The van der Waals surface area contributed by atoms with Crippen molar-refractivity contribution in [1.29, 1.82) is 5.26 Å². The van der Waals surface area contributed by atoms with Crippen LogP contribution >= 0.6 is 0 Å². The van der Waals surface area contributed by atoms with Gasteiger partial charge in [0, 0.05) is 11.8 Å². The first-order valence-electron chi connectivity index (χ1n) is 7.44. The molecule has 1 aliphatic rings. The third kappa shape index (κ3) is 3.11. The molecule has 1 N–H and O–H groups in total. The second-order valence-corrected chi connectivity index (χ2v) is 5.76. The molecule has 0 fully saturated rings. The molecule has 0 unspecified atom stereocenters. The van der Waals surface area contributed by atoms with Crippen LogP contribution < -0.4 is 5.32 Å². The number of nitrogens with one attached hydrogen (secondary N) is 1. The van der Waals surface area contributed by atoms with Gasteiger partial charge in [-0.3, -0.25) is 9.79 Å². The van der Waals surface area contributed by atoms with Crippen LogP contribution in [0.2, 0.25) is 0 Å². The first-order valence-corrected chi connectivity index (χ1v) is 7.44. The Labute approximate surface area is 134 Å². The molecule has 23 heavy (non-hydrogen) atoms. The molecule has 0 spiro atoms. The molecule has 1 aromatic carbocycles. The number of carbonyl (C=O) groups is 1. The van der Waals surface area contributed by atoms with Gasteiger partial charge >= 0.3 is 0 Å². The maximum absolute atomic E-state index is 12.2. The average molecular weight is 304 g/mol. The van der Waals surface area contributed by atoms with Gasteiger partial charge in [0.05, 0.1) is 23.5 Å². The van der Waals surface area contributed by atoms with E-state index in [9.17, 15) is 4.79 Å². The molecule has 1 amide bonds. The molecule has 114 valence electrons. The van der Waals surface area contributed by atoms with Crippen LogP contribution in [0.3, 0.4) is 0 Å². The molecule has 5 heteroatoms. The first-order chi connectivity index (χ1) is 11.1. The first kappa shape index (κ1) is 14.9. The smallest absolute Gasteiger partial charge is 0.230 e. The van der Waals surface area contributed by atoms with E-state index in [1.54, 1.807) is 18.3 Å². The van der Waals surface area contributed by atoms with Gasteiger partial charge in [-0.25, -0.2) is 4.98 Å². The van der Waals surface area contributed by atoms with E-state index in [0.717, 1.165) is 22.5 Å². The van der Waals surface area contributed by atoms with E-state index < -0.39 is 0 Å². The summed E-state index contributed by atoms with van der Waals surface area (Å²) in [5, 5.41) is 11.9. The van der Waals surface area contributed by atoms with Crippen LogP contribution in [0, 0.1) is 11.3 Å². The zero-order chi connectivity index (χ0) is 16.4. The predicted molar refractivity (Wildman–Crippen MR) is 88.9 cm³/mol. The minimum Gasteiger partial charge on any atom is -0.324 e. The molecule has 0 saturated heterocycles. The molecule has 0 radical (unpaired) electrons. The fraction of sp³-hybridized carbons (Fsp3) is 0.222. The van der Waals surface area contributed by atoms with Crippen LogP contribution in [0.5, 0.6) is 0 Å². The highest BCUT2D eigenvalue weighted by Crippen LogP contribution is 2.32. The van der Waals surface area contributed by atoms with Crippen LogP contribution in [0.25, 0.3) is 0 Å². The third-order valence-electron chi connectivity index (χ3n) is 3.75. The highest BCUT2D eigenvalue weighted by atomic mass is 16.1. The number of amides is 1. The van der Waals surface area contributed by atoms with Crippen molar-refractivity contribution in [3.8, 4) is 6.07 Å². The summed E-state index contributed by atoms with van der Waals surface area (Å²) in [7, 11) is 0. The number of fused-ring (bicyclic) bond motifs is 1. The summed E-state index contributed by atoms with van der Waals surface area (Å²) < 4.78 is 0. The number of aliphatic imine (C=N–C) groups is 1. The lowest BCUT2D eigenvalue weighted by Gasteiger charge is -2.10. The van der Waals surface area contributed by atoms with Crippen LogP contribution in [-0.4, -0.2) is 16.6 Å². The fourth-order valence-electron chi connectivity index (χ4n) is 2.48. The van der Waals surface area contributed by atoms with Crippen LogP contribution in [0.1, 0.15) is 43.0 Å². The van der Waals surface area contributed by atoms with Gasteiger partial charge in [0.15, 0.2) is 0 Å². The number of aromatic nitrogens is 1. The summed E-state index contributed by atoms with van der Waals surface area (Å²) in [4.78, 5) is 20.8. The lowest BCUT2D eigenvalue weighted by atomic mass is 10.0. The standard InChI is InChI=1S/C18H16N4O/c1-11(2)12-3-4-15-17(8-12)22-18(23)9-16(21-15)13-5-6-20-14(7-13)10-19/h3-8,11H,9H2,1-2H3,(H,22,23). The topological polar surface area (TPSA) is 78.1 Å². The highest BCUT2D eigenvalue weighted by molar-refractivity contribution is 6.16. The average Bonchev–Trinajstić information content (AvgIpc) is 2.72. The van der Waals surface area contributed by atoms with Crippen molar-refractivity contribution in [3.05, 3.63) is 53.3 Å². The maximum atomic E-state index is 12.2. The quantitative estimate of drug-likeness (QED) is 0.921. The molecule has 0 aliphatic carbocycles. The summed E-state index contributed by atoms with van der Waals surface area (Å²) >= 11 is 0. The summed E-state index contributed by atoms with van der Waals surface area (Å²) in [6, 6.07) is 11.3. The summed E-state index contributed by atoms with van der Waals surface area (Å²) in [6.07, 6.45) is 1.72. The minimum absolute atomic E-state index is 0.112. The Balaban J connectivity index is 2.08. The van der Waals surface area contributed by atoms with Crippen molar-refractivity contribution >= 4 is 23.0 Å².